The first-order valence-corrected chi connectivity index (χ1v) is 13.3. The maximum absolute atomic E-state index is 6.22. The fourth-order valence-electron chi connectivity index (χ4n) is 5.14. The van der Waals surface area contributed by atoms with Gasteiger partial charge in [0.05, 0.1) is 13.2 Å². The van der Waals surface area contributed by atoms with Crippen molar-refractivity contribution in [3.63, 3.8) is 0 Å². The quantitative estimate of drug-likeness (QED) is 0.391. The van der Waals surface area contributed by atoms with E-state index in [0.717, 1.165) is 93.4 Å². The van der Waals surface area contributed by atoms with Crippen molar-refractivity contribution in [2.45, 2.75) is 6.42 Å². The zero-order valence-electron chi connectivity index (χ0n) is 21.5. The number of aromatic nitrogens is 1. The first-order chi connectivity index (χ1) is 18.2. The Kier molecular flexibility index (Phi) is 7.08. The van der Waals surface area contributed by atoms with Crippen LogP contribution in [-0.2, 0) is 11.2 Å². The van der Waals surface area contributed by atoms with Crippen molar-refractivity contribution < 1.29 is 9.15 Å². The topological polar surface area (TPSA) is 57.0 Å². The molecule has 0 aliphatic carbocycles. The van der Waals surface area contributed by atoms with Crippen LogP contribution in [0.25, 0.3) is 22.2 Å². The van der Waals surface area contributed by atoms with Gasteiger partial charge in [0.2, 0.25) is 0 Å². The van der Waals surface area contributed by atoms with Gasteiger partial charge in [0, 0.05) is 62.8 Å². The number of morpholine rings is 1. The molecule has 2 aliphatic heterocycles. The molecule has 0 atom stereocenters. The molecule has 0 radical (unpaired) electrons. The molecule has 7 heteroatoms. The Morgan fingerprint density at radius 3 is 2.35 bits per heavy atom. The lowest BCUT2D eigenvalue weighted by Crippen LogP contribution is -2.44. The highest BCUT2D eigenvalue weighted by molar-refractivity contribution is 5.91. The van der Waals surface area contributed by atoms with E-state index >= 15 is 0 Å². The van der Waals surface area contributed by atoms with Gasteiger partial charge in [0.15, 0.2) is 5.58 Å². The number of fused-ring (bicyclic) bond motifs is 1. The van der Waals surface area contributed by atoms with Crippen molar-refractivity contribution in [3.8, 4) is 11.1 Å². The summed E-state index contributed by atoms with van der Waals surface area (Å²) in [6.45, 7) is 9.15. The molecule has 4 aromatic rings. The third-order valence-electron chi connectivity index (χ3n) is 7.49. The Labute approximate surface area is 218 Å². The molecule has 2 fully saturated rings. The molecule has 0 saturated carbocycles. The van der Waals surface area contributed by atoms with E-state index in [2.05, 4.69) is 81.7 Å². The smallest absolute Gasteiger partial charge is 0.300 e. The molecule has 0 spiro atoms. The summed E-state index contributed by atoms with van der Waals surface area (Å²) in [7, 11) is 2.18. The number of piperazine rings is 1. The van der Waals surface area contributed by atoms with Crippen LogP contribution < -0.4 is 10.2 Å². The summed E-state index contributed by atoms with van der Waals surface area (Å²) in [4.78, 5) is 12.0. The van der Waals surface area contributed by atoms with E-state index in [9.17, 15) is 0 Å². The number of para-hydroxylation sites is 1. The van der Waals surface area contributed by atoms with Crippen LogP contribution in [0.5, 0.6) is 0 Å². The first kappa shape index (κ1) is 24.0. The third-order valence-corrected chi connectivity index (χ3v) is 7.49. The predicted octanol–water partition coefficient (Wildman–Crippen LogP) is 4.86. The summed E-state index contributed by atoms with van der Waals surface area (Å²) in [5, 5.41) is 3.35. The molecular formula is C30H35N5O2. The normalized spacial score (nSPS) is 17.4. The molecule has 37 heavy (non-hydrogen) atoms. The lowest BCUT2D eigenvalue weighted by molar-refractivity contribution is 0.0384. The zero-order valence-corrected chi connectivity index (χ0v) is 21.5. The monoisotopic (exact) mass is 497 g/mol. The molecule has 3 aromatic carbocycles. The SMILES string of the molecule is CN1CCN(c2ccc(Nc3nc4cccc(-c5ccc(CCN6CCOCC6)cc5)c4o3)cc2)CC1. The highest BCUT2D eigenvalue weighted by Gasteiger charge is 2.15. The van der Waals surface area contributed by atoms with E-state index in [1.807, 2.05) is 12.1 Å². The molecule has 192 valence electrons. The number of nitrogens with one attached hydrogen (secondary N) is 1. The van der Waals surface area contributed by atoms with Crippen LogP contribution in [0.2, 0.25) is 0 Å². The average molecular weight is 498 g/mol. The lowest BCUT2D eigenvalue weighted by atomic mass is 10.0. The molecule has 2 saturated heterocycles. The van der Waals surface area contributed by atoms with Gasteiger partial charge in [-0.15, -0.1) is 0 Å². The number of nitrogens with zero attached hydrogens (tertiary/aromatic N) is 4. The maximum atomic E-state index is 6.22. The Balaban J connectivity index is 1.13. The summed E-state index contributed by atoms with van der Waals surface area (Å²) < 4.78 is 11.7. The second-order valence-corrected chi connectivity index (χ2v) is 10.0. The fourth-order valence-corrected chi connectivity index (χ4v) is 5.14. The van der Waals surface area contributed by atoms with Crippen LogP contribution in [0, 0.1) is 0 Å². The van der Waals surface area contributed by atoms with Crippen molar-refractivity contribution >= 4 is 28.5 Å². The minimum absolute atomic E-state index is 0.511. The van der Waals surface area contributed by atoms with E-state index in [1.165, 1.54) is 11.3 Å². The average Bonchev–Trinajstić information content (AvgIpc) is 3.36. The van der Waals surface area contributed by atoms with E-state index in [4.69, 9.17) is 14.1 Å². The Hall–Kier alpha value is -3.39. The van der Waals surface area contributed by atoms with E-state index < -0.39 is 0 Å². The van der Waals surface area contributed by atoms with Crippen molar-refractivity contribution in [1.29, 1.82) is 0 Å². The second kappa shape index (κ2) is 10.9. The standard InChI is InChI=1S/C30H35N5O2/c1-33-15-17-35(18-16-33)26-11-9-25(10-12-26)31-30-32-28-4-2-3-27(29(28)37-30)24-7-5-23(6-8-24)13-14-34-19-21-36-22-20-34/h2-12H,13-22H2,1H3,(H,31,32). The fraction of sp³-hybridized carbons (Fsp3) is 0.367. The largest absolute Gasteiger partial charge is 0.423 e. The molecule has 0 amide bonds. The van der Waals surface area contributed by atoms with Gasteiger partial charge >= 0.3 is 0 Å². The molecule has 3 heterocycles. The van der Waals surface area contributed by atoms with Gasteiger partial charge in [-0.05, 0) is 54.9 Å². The van der Waals surface area contributed by atoms with Crippen LogP contribution in [0.15, 0.2) is 71.1 Å². The minimum atomic E-state index is 0.511. The summed E-state index contributed by atoms with van der Waals surface area (Å²) in [5.41, 5.74) is 7.43. The van der Waals surface area contributed by atoms with Crippen molar-refractivity contribution in [1.82, 2.24) is 14.8 Å². The molecule has 0 bridgehead atoms. The second-order valence-electron chi connectivity index (χ2n) is 10.0. The molecule has 1 aromatic heterocycles. The number of hydrogen-bond acceptors (Lipinski definition) is 7. The van der Waals surface area contributed by atoms with Crippen LogP contribution in [0.3, 0.4) is 0 Å². The number of ether oxygens (including phenoxy) is 1. The Morgan fingerprint density at radius 2 is 1.59 bits per heavy atom. The maximum Gasteiger partial charge on any atom is 0.300 e. The van der Waals surface area contributed by atoms with Crippen LogP contribution in [-0.4, -0.2) is 80.9 Å². The van der Waals surface area contributed by atoms with E-state index in [1.54, 1.807) is 0 Å². The van der Waals surface area contributed by atoms with Gasteiger partial charge in [0.25, 0.3) is 6.01 Å². The van der Waals surface area contributed by atoms with Gasteiger partial charge in [-0.25, -0.2) is 0 Å². The number of rotatable bonds is 7. The summed E-state index contributed by atoms with van der Waals surface area (Å²) in [6.07, 6.45) is 1.05. The zero-order chi connectivity index (χ0) is 25.0. The molecule has 6 rings (SSSR count). The van der Waals surface area contributed by atoms with Crippen LogP contribution in [0.4, 0.5) is 17.4 Å². The summed E-state index contributed by atoms with van der Waals surface area (Å²) >= 11 is 0. The van der Waals surface area contributed by atoms with Crippen LogP contribution >= 0.6 is 0 Å². The van der Waals surface area contributed by atoms with Crippen molar-refractivity contribution in [2.24, 2.45) is 0 Å². The number of benzene rings is 3. The van der Waals surface area contributed by atoms with Crippen molar-refractivity contribution in [3.05, 3.63) is 72.3 Å². The van der Waals surface area contributed by atoms with E-state index in [0.29, 0.717) is 6.01 Å². The number of likely N-dealkylation sites (N-methyl/N-ethyl adjacent to an activating group) is 1. The Bertz CT molecular complexity index is 1300. The first-order valence-electron chi connectivity index (χ1n) is 13.3. The van der Waals surface area contributed by atoms with Crippen molar-refractivity contribution in [2.75, 3.05) is 76.3 Å². The highest BCUT2D eigenvalue weighted by atomic mass is 16.5. The van der Waals surface area contributed by atoms with Gasteiger partial charge in [0.1, 0.15) is 5.52 Å². The molecular weight excluding hydrogens is 462 g/mol. The number of hydrogen-bond donors (Lipinski definition) is 1. The number of oxazole rings is 1. The van der Waals surface area contributed by atoms with Crippen LogP contribution in [0.1, 0.15) is 5.56 Å². The summed E-state index contributed by atoms with van der Waals surface area (Å²) in [6, 6.07) is 24.0. The molecule has 1 N–H and O–H groups in total. The minimum Gasteiger partial charge on any atom is -0.423 e. The molecule has 0 unspecified atom stereocenters. The predicted molar refractivity (Wildman–Crippen MR) is 150 cm³/mol. The van der Waals surface area contributed by atoms with Gasteiger partial charge < -0.3 is 24.3 Å². The summed E-state index contributed by atoms with van der Waals surface area (Å²) in [5.74, 6) is 0. The molecule has 2 aliphatic rings. The third kappa shape index (κ3) is 5.64. The van der Waals surface area contributed by atoms with Gasteiger partial charge in [-0.3, -0.25) is 4.90 Å². The highest BCUT2D eigenvalue weighted by Crippen LogP contribution is 2.32. The molecule has 7 nitrogen and oxygen atoms in total. The van der Waals surface area contributed by atoms with Gasteiger partial charge in [-0.1, -0.05) is 36.4 Å². The lowest BCUT2D eigenvalue weighted by Gasteiger charge is -2.34. The Morgan fingerprint density at radius 1 is 0.838 bits per heavy atom. The van der Waals surface area contributed by atoms with Gasteiger partial charge in [-0.2, -0.15) is 4.98 Å². The number of anilines is 3. The van der Waals surface area contributed by atoms with E-state index in [-0.39, 0.29) is 0 Å².